The van der Waals surface area contributed by atoms with Crippen LogP contribution in [0.5, 0.6) is 0 Å². The van der Waals surface area contributed by atoms with E-state index in [0.29, 0.717) is 0 Å². The Bertz CT molecular complexity index is 233. The Kier molecular flexibility index (Phi) is 4.41. The normalized spacial score (nSPS) is 23.7. The van der Waals surface area contributed by atoms with Gasteiger partial charge in [-0.2, -0.15) is 11.8 Å². The molecule has 0 aliphatic carbocycles. The highest BCUT2D eigenvalue weighted by Gasteiger charge is 2.30. The number of rotatable bonds is 5. The predicted molar refractivity (Wildman–Crippen MR) is 57.2 cm³/mol. The molecule has 0 spiro atoms. The number of carbonyl (C=O) groups is 2. The molecule has 5 heteroatoms. The molecule has 1 fully saturated rings. The minimum atomic E-state index is -0.320. The molecule has 1 heterocycles. The molecule has 0 saturated carbocycles. The summed E-state index contributed by atoms with van der Waals surface area (Å²) >= 11 is 1.78. The van der Waals surface area contributed by atoms with Crippen LogP contribution < -0.4 is 10.6 Å². The van der Waals surface area contributed by atoms with Gasteiger partial charge in [0.25, 0.3) is 0 Å². The van der Waals surface area contributed by atoms with Crippen molar-refractivity contribution < 1.29 is 9.59 Å². The van der Waals surface area contributed by atoms with Crippen molar-refractivity contribution in [2.75, 3.05) is 12.0 Å². The minimum Gasteiger partial charge on any atom is -0.303 e. The van der Waals surface area contributed by atoms with Crippen molar-refractivity contribution >= 4 is 23.6 Å². The first-order valence-corrected chi connectivity index (χ1v) is 6.11. The highest BCUT2D eigenvalue weighted by molar-refractivity contribution is 7.98. The fourth-order valence-electron chi connectivity index (χ4n) is 1.41. The fraction of sp³-hybridized carbons (Fsp3) is 0.778. The van der Waals surface area contributed by atoms with Crippen molar-refractivity contribution in [1.82, 2.24) is 10.6 Å². The van der Waals surface area contributed by atoms with Crippen LogP contribution in [0, 0.1) is 0 Å². The predicted octanol–water partition coefficient (Wildman–Crippen LogP) is 0.133. The molecule has 1 saturated heterocycles. The van der Waals surface area contributed by atoms with Gasteiger partial charge < -0.3 is 5.32 Å². The first-order chi connectivity index (χ1) is 6.63. The average molecular weight is 216 g/mol. The molecular weight excluding hydrogens is 200 g/mol. The summed E-state index contributed by atoms with van der Waals surface area (Å²) < 4.78 is 0. The van der Waals surface area contributed by atoms with Gasteiger partial charge in [-0.3, -0.25) is 14.9 Å². The monoisotopic (exact) mass is 216 g/mol. The smallest absolute Gasteiger partial charge is 0.244 e. The summed E-state index contributed by atoms with van der Waals surface area (Å²) in [6, 6.07) is -0.0385. The van der Waals surface area contributed by atoms with E-state index >= 15 is 0 Å². The SMILES string of the molecule is CSCCC(C)NC1CC(=O)NC1=O. The molecule has 2 amide bonds. The van der Waals surface area contributed by atoms with E-state index in [0.717, 1.165) is 12.2 Å². The van der Waals surface area contributed by atoms with E-state index in [1.165, 1.54) is 0 Å². The van der Waals surface area contributed by atoms with E-state index in [-0.39, 0.29) is 30.3 Å². The maximum atomic E-state index is 11.2. The van der Waals surface area contributed by atoms with E-state index in [2.05, 4.69) is 16.9 Å². The zero-order valence-electron chi connectivity index (χ0n) is 8.50. The molecule has 2 unspecified atom stereocenters. The molecule has 4 nitrogen and oxygen atoms in total. The number of nitrogens with one attached hydrogen (secondary N) is 2. The molecule has 80 valence electrons. The molecule has 0 radical (unpaired) electrons. The number of amides is 2. The van der Waals surface area contributed by atoms with Crippen molar-refractivity contribution in [3.63, 3.8) is 0 Å². The van der Waals surface area contributed by atoms with E-state index in [4.69, 9.17) is 0 Å². The third-order valence-corrected chi connectivity index (χ3v) is 2.85. The summed E-state index contributed by atoms with van der Waals surface area (Å²) in [7, 11) is 0. The van der Waals surface area contributed by atoms with Crippen LogP contribution in [0.1, 0.15) is 19.8 Å². The van der Waals surface area contributed by atoms with Gasteiger partial charge in [0.15, 0.2) is 0 Å². The second-order valence-corrected chi connectivity index (χ2v) is 4.50. The fourth-order valence-corrected chi connectivity index (χ4v) is 2.00. The van der Waals surface area contributed by atoms with Crippen LogP contribution in [0.2, 0.25) is 0 Å². The Hall–Kier alpha value is -0.550. The van der Waals surface area contributed by atoms with Crippen LogP contribution in [0.4, 0.5) is 0 Å². The quantitative estimate of drug-likeness (QED) is 0.642. The van der Waals surface area contributed by atoms with Crippen LogP contribution in [0.3, 0.4) is 0 Å². The minimum absolute atomic E-state index is 0.176. The molecule has 0 bridgehead atoms. The molecule has 0 aromatic rings. The summed E-state index contributed by atoms with van der Waals surface area (Å²) in [6.45, 7) is 2.03. The van der Waals surface area contributed by atoms with Gasteiger partial charge in [0.05, 0.1) is 12.5 Å². The number of thioether (sulfide) groups is 1. The highest BCUT2D eigenvalue weighted by atomic mass is 32.2. The Morgan fingerprint density at radius 3 is 2.86 bits per heavy atom. The second kappa shape index (κ2) is 5.36. The van der Waals surface area contributed by atoms with Gasteiger partial charge in [-0.05, 0) is 25.4 Å². The van der Waals surface area contributed by atoms with Crippen LogP contribution >= 0.6 is 11.8 Å². The number of hydrogen-bond donors (Lipinski definition) is 2. The van der Waals surface area contributed by atoms with Gasteiger partial charge in [0.1, 0.15) is 0 Å². The second-order valence-electron chi connectivity index (χ2n) is 3.52. The van der Waals surface area contributed by atoms with Crippen LogP contribution in [0.25, 0.3) is 0 Å². The summed E-state index contributed by atoms with van der Waals surface area (Å²) in [4.78, 5) is 22.1. The lowest BCUT2D eigenvalue weighted by molar-refractivity contribution is -0.125. The van der Waals surface area contributed by atoms with Gasteiger partial charge in [0.2, 0.25) is 11.8 Å². The maximum absolute atomic E-state index is 11.2. The summed E-state index contributed by atoms with van der Waals surface area (Å²) in [6.07, 6.45) is 3.35. The largest absolute Gasteiger partial charge is 0.303 e. The summed E-state index contributed by atoms with van der Waals surface area (Å²) in [5, 5.41) is 5.43. The number of imide groups is 1. The molecule has 0 aromatic carbocycles. The van der Waals surface area contributed by atoms with Gasteiger partial charge >= 0.3 is 0 Å². The van der Waals surface area contributed by atoms with E-state index < -0.39 is 0 Å². The van der Waals surface area contributed by atoms with E-state index in [1.807, 2.05) is 6.92 Å². The Morgan fingerprint density at radius 2 is 2.36 bits per heavy atom. The molecule has 1 rings (SSSR count). The molecule has 1 aliphatic heterocycles. The Balaban J connectivity index is 2.29. The third-order valence-electron chi connectivity index (χ3n) is 2.21. The van der Waals surface area contributed by atoms with Gasteiger partial charge in [-0.15, -0.1) is 0 Å². The number of hydrogen-bond acceptors (Lipinski definition) is 4. The first kappa shape index (κ1) is 11.5. The average Bonchev–Trinajstić information content (AvgIpc) is 2.42. The maximum Gasteiger partial charge on any atom is 0.244 e. The Labute approximate surface area is 88.2 Å². The lowest BCUT2D eigenvalue weighted by Gasteiger charge is -2.16. The first-order valence-electron chi connectivity index (χ1n) is 4.72. The van der Waals surface area contributed by atoms with Crippen molar-refractivity contribution in [3.05, 3.63) is 0 Å². The summed E-state index contributed by atoms with van der Waals surface area (Å²) in [5.74, 6) is 0.701. The third kappa shape index (κ3) is 3.31. The van der Waals surface area contributed by atoms with Crippen molar-refractivity contribution in [2.45, 2.75) is 31.8 Å². The van der Waals surface area contributed by atoms with Gasteiger partial charge in [-0.1, -0.05) is 0 Å². The van der Waals surface area contributed by atoms with E-state index in [1.54, 1.807) is 11.8 Å². The lowest BCUT2D eigenvalue weighted by atomic mass is 10.2. The van der Waals surface area contributed by atoms with Crippen LogP contribution in [-0.4, -0.2) is 35.9 Å². The van der Waals surface area contributed by atoms with Crippen molar-refractivity contribution in [1.29, 1.82) is 0 Å². The van der Waals surface area contributed by atoms with Crippen LogP contribution in [-0.2, 0) is 9.59 Å². The number of carbonyl (C=O) groups excluding carboxylic acids is 2. The van der Waals surface area contributed by atoms with E-state index in [9.17, 15) is 9.59 Å². The van der Waals surface area contributed by atoms with Gasteiger partial charge in [-0.25, -0.2) is 0 Å². The standard InChI is InChI=1S/C9H16N2O2S/c1-6(3-4-14-2)10-7-5-8(12)11-9(7)13/h6-7,10H,3-5H2,1-2H3,(H,11,12,13). The highest BCUT2D eigenvalue weighted by Crippen LogP contribution is 2.06. The lowest BCUT2D eigenvalue weighted by Crippen LogP contribution is -2.41. The molecule has 14 heavy (non-hydrogen) atoms. The topological polar surface area (TPSA) is 58.2 Å². The van der Waals surface area contributed by atoms with Gasteiger partial charge in [0, 0.05) is 6.04 Å². The Morgan fingerprint density at radius 1 is 1.64 bits per heavy atom. The molecule has 2 atom stereocenters. The van der Waals surface area contributed by atoms with Crippen molar-refractivity contribution in [2.24, 2.45) is 0 Å². The molecule has 0 aromatic heterocycles. The summed E-state index contributed by atoms with van der Waals surface area (Å²) in [5.41, 5.74) is 0. The van der Waals surface area contributed by atoms with Crippen molar-refractivity contribution in [3.8, 4) is 0 Å². The molecule has 2 N–H and O–H groups in total. The molecule has 1 aliphatic rings. The molecular formula is C9H16N2O2S. The zero-order valence-corrected chi connectivity index (χ0v) is 9.32. The van der Waals surface area contributed by atoms with Crippen LogP contribution in [0.15, 0.2) is 0 Å². The zero-order chi connectivity index (χ0) is 10.6.